The largest absolute Gasteiger partial charge is 0.374 e. The first kappa shape index (κ1) is 13.0. The highest BCUT2D eigenvalue weighted by molar-refractivity contribution is 5.54. The molecule has 1 rings (SSSR count). The van der Waals surface area contributed by atoms with Gasteiger partial charge in [-0.05, 0) is 31.5 Å². The Labute approximate surface area is 99.7 Å². The van der Waals surface area contributed by atoms with E-state index in [2.05, 4.69) is 55.4 Å². The Hall–Kier alpha value is -1.02. The first-order chi connectivity index (χ1) is 7.74. The molecule has 16 heavy (non-hydrogen) atoms. The molecule has 0 fully saturated rings. The van der Waals surface area contributed by atoms with Crippen molar-refractivity contribution in [3.05, 3.63) is 29.8 Å². The van der Waals surface area contributed by atoms with Crippen LogP contribution in [-0.2, 0) is 0 Å². The minimum absolute atomic E-state index is 0.454. The summed E-state index contributed by atoms with van der Waals surface area (Å²) in [5, 5.41) is 3.38. The summed E-state index contributed by atoms with van der Waals surface area (Å²) in [5.74, 6) is 0. The Kier molecular flexibility index (Phi) is 5.33. The molecule has 0 aliphatic heterocycles. The third-order valence-electron chi connectivity index (χ3n) is 3.04. The number of hydrogen-bond acceptors (Lipinski definition) is 2. The van der Waals surface area contributed by atoms with E-state index in [4.69, 9.17) is 0 Å². The summed E-state index contributed by atoms with van der Waals surface area (Å²) in [6, 6.07) is 9.14. The van der Waals surface area contributed by atoms with Gasteiger partial charge >= 0.3 is 0 Å². The van der Waals surface area contributed by atoms with Crippen LogP contribution in [0.2, 0.25) is 0 Å². The van der Waals surface area contributed by atoms with Crippen molar-refractivity contribution in [1.82, 2.24) is 5.32 Å². The van der Waals surface area contributed by atoms with E-state index in [1.165, 1.54) is 17.7 Å². The van der Waals surface area contributed by atoms with E-state index in [-0.39, 0.29) is 0 Å². The maximum atomic E-state index is 3.38. The molecule has 0 saturated heterocycles. The van der Waals surface area contributed by atoms with Crippen molar-refractivity contribution in [3.63, 3.8) is 0 Å². The second kappa shape index (κ2) is 6.54. The molecule has 0 amide bonds. The van der Waals surface area contributed by atoms with E-state index in [0.717, 1.165) is 13.0 Å². The lowest BCUT2D eigenvalue weighted by molar-refractivity contribution is 0.575. The number of nitrogens with zero attached hydrogens (tertiary/aromatic N) is 1. The summed E-state index contributed by atoms with van der Waals surface area (Å²) >= 11 is 0. The Balaban J connectivity index is 2.98. The summed E-state index contributed by atoms with van der Waals surface area (Å²) in [6.45, 7) is 5.55. The van der Waals surface area contributed by atoms with Crippen molar-refractivity contribution in [2.75, 3.05) is 25.5 Å². The van der Waals surface area contributed by atoms with Gasteiger partial charge in [-0.25, -0.2) is 0 Å². The monoisotopic (exact) mass is 220 g/mol. The second-order valence-corrected chi connectivity index (χ2v) is 4.23. The normalized spacial score (nSPS) is 12.5. The highest BCUT2D eigenvalue weighted by Gasteiger charge is 2.13. The zero-order chi connectivity index (χ0) is 12.0. The van der Waals surface area contributed by atoms with Gasteiger partial charge in [0, 0.05) is 25.3 Å². The predicted molar refractivity (Wildman–Crippen MR) is 72.1 cm³/mol. The highest BCUT2D eigenvalue weighted by atomic mass is 15.1. The molecule has 0 aliphatic carbocycles. The van der Waals surface area contributed by atoms with E-state index in [9.17, 15) is 0 Å². The van der Waals surface area contributed by atoms with Crippen LogP contribution in [0.4, 0.5) is 5.69 Å². The molecule has 0 bridgehead atoms. The van der Waals surface area contributed by atoms with Crippen LogP contribution in [-0.4, -0.2) is 20.6 Å². The fourth-order valence-corrected chi connectivity index (χ4v) is 2.17. The van der Waals surface area contributed by atoms with Gasteiger partial charge in [0.05, 0.1) is 0 Å². The van der Waals surface area contributed by atoms with Crippen LogP contribution in [0.3, 0.4) is 0 Å². The van der Waals surface area contributed by atoms with Crippen molar-refractivity contribution < 1.29 is 0 Å². The Morgan fingerprint density at radius 3 is 2.50 bits per heavy atom. The molecule has 1 atom stereocenters. The number of rotatable bonds is 6. The fourth-order valence-electron chi connectivity index (χ4n) is 2.17. The molecule has 0 heterocycles. The quantitative estimate of drug-likeness (QED) is 0.792. The molecule has 1 aromatic carbocycles. The van der Waals surface area contributed by atoms with Crippen molar-refractivity contribution in [1.29, 1.82) is 0 Å². The van der Waals surface area contributed by atoms with Crippen molar-refractivity contribution in [2.45, 2.75) is 32.7 Å². The molecule has 1 aromatic rings. The molecule has 0 radical (unpaired) electrons. The smallest absolute Gasteiger partial charge is 0.0412 e. The maximum absolute atomic E-state index is 3.38. The van der Waals surface area contributed by atoms with Gasteiger partial charge in [-0.3, -0.25) is 0 Å². The van der Waals surface area contributed by atoms with Crippen LogP contribution < -0.4 is 10.2 Å². The lowest BCUT2D eigenvalue weighted by Gasteiger charge is -2.25. The molecule has 1 unspecified atom stereocenters. The number of anilines is 1. The molecule has 2 nitrogen and oxygen atoms in total. The van der Waals surface area contributed by atoms with E-state index in [1.54, 1.807) is 0 Å². The molecule has 0 spiro atoms. The van der Waals surface area contributed by atoms with Crippen molar-refractivity contribution in [3.8, 4) is 0 Å². The summed E-state index contributed by atoms with van der Waals surface area (Å²) in [6.07, 6.45) is 2.30. The third-order valence-corrected chi connectivity index (χ3v) is 3.04. The highest BCUT2D eigenvalue weighted by Crippen LogP contribution is 2.27. The first-order valence-corrected chi connectivity index (χ1v) is 6.21. The summed E-state index contributed by atoms with van der Waals surface area (Å²) in [4.78, 5) is 2.34. The summed E-state index contributed by atoms with van der Waals surface area (Å²) in [5.41, 5.74) is 2.76. The minimum atomic E-state index is 0.454. The van der Waals surface area contributed by atoms with Gasteiger partial charge in [-0.1, -0.05) is 32.0 Å². The topological polar surface area (TPSA) is 15.3 Å². The molecular weight excluding hydrogens is 196 g/mol. The van der Waals surface area contributed by atoms with Crippen molar-refractivity contribution >= 4 is 5.69 Å². The van der Waals surface area contributed by atoms with Gasteiger partial charge in [0.1, 0.15) is 0 Å². The van der Waals surface area contributed by atoms with Gasteiger partial charge in [0.15, 0.2) is 0 Å². The van der Waals surface area contributed by atoms with Crippen LogP contribution in [0.25, 0.3) is 0 Å². The number of hydrogen-bond donors (Lipinski definition) is 1. The zero-order valence-electron chi connectivity index (χ0n) is 11.0. The van der Waals surface area contributed by atoms with Gasteiger partial charge in [-0.15, -0.1) is 0 Å². The molecule has 0 aliphatic rings. The number of benzene rings is 1. The average molecular weight is 220 g/mol. The molecule has 0 aromatic heterocycles. The van der Waals surface area contributed by atoms with Gasteiger partial charge < -0.3 is 10.2 Å². The van der Waals surface area contributed by atoms with E-state index in [0.29, 0.717) is 6.04 Å². The van der Waals surface area contributed by atoms with Crippen LogP contribution in [0.15, 0.2) is 24.3 Å². The van der Waals surface area contributed by atoms with Crippen LogP contribution >= 0.6 is 0 Å². The lowest BCUT2D eigenvalue weighted by atomic mass is 10.0. The van der Waals surface area contributed by atoms with Crippen LogP contribution in [0, 0.1) is 0 Å². The Morgan fingerprint density at radius 2 is 1.94 bits per heavy atom. The lowest BCUT2D eigenvalue weighted by Crippen LogP contribution is -2.23. The van der Waals surface area contributed by atoms with Gasteiger partial charge in [-0.2, -0.15) is 0 Å². The van der Waals surface area contributed by atoms with Crippen LogP contribution in [0.5, 0.6) is 0 Å². The molecule has 0 saturated carbocycles. The molecule has 2 heteroatoms. The Bertz CT molecular complexity index is 305. The van der Waals surface area contributed by atoms with E-state index < -0.39 is 0 Å². The fraction of sp³-hybridized carbons (Fsp3) is 0.571. The summed E-state index contributed by atoms with van der Waals surface area (Å²) in [7, 11) is 4.20. The Morgan fingerprint density at radius 1 is 1.25 bits per heavy atom. The zero-order valence-corrected chi connectivity index (χ0v) is 11.0. The number of nitrogens with one attached hydrogen (secondary N) is 1. The minimum Gasteiger partial charge on any atom is -0.374 e. The second-order valence-electron chi connectivity index (χ2n) is 4.23. The van der Waals surface area contributed by atoms with Crippen molar-refractivity contribution in [2.24, 2.45) is 0 Å². The van der Waals surface area contributed by atoms with Gasteiger partial charge in [0.2, 0.25) is 0 Å². The maximum Gasteiger partial charge on any atom is 0.0412 e. The molecular formula is C14H24N2. The third kappa shape index (κ3) is 2.99. The summed E-state index contributed by atoms with van der Waals surface area (Å²) < 4.78 is 0. The molecule has 90 valence electrons. The standard InChI is InChI=1S/C14H24N2/c1-5-11-16(4)14-10-8-7-9-12(14)13(6-2)15-3/h7-10,13,15H,5-6,11H2,1-4H3. The van der Waals surface area contributed by atoms with E-state index >= 15 is 0 Å². The van der Waals surface area contributed by atoms with Crippen LogP contribution in [0.1, 0.15) is 38.3 Å². The van der Waals surface area contributed by atoms with E-state index in [1.807, 2.05) is 7.05 Å². The average Bonchev–Trinajstić information content (AvgIpc) is 2.31. The van der Waals surface area contributed by atoms with Gasteiger partial charge in [0.25, 0.3) is 0 Å². The number of para-hydroxylation sites is 1. The predicted octanol–water partition coefficient (Wildman–Crippen LogP) is 3.20. The SMILES string of the molecule is CCCN(C)c1ccccc1C(CC)NC. The first-order valence-electron chi connectivity index (χ1n) is 6.21. The molecule has 1 N–H and O–H groups in total.